The molecule has 0 aliphatic rings. The summed E-state index contributed by atoms with van der Waals surface area (Å²) in [4.78, 5) is 13.1. The van der Waals surface area contributed by atoms with Gasteiger partial charge in [-0.1, -0.05) is 12.8 Å². The predicted octanol–water partition coefficient (Wildman–Crippen LogP) is 1.28. The minimum atomic E-state index is -0.969. The number of carboxylic acid groups (broad SMARTS) is 1. The van der Waals surface area contributed by atoms with Crippen molar-refractivity contribution in [3.05, 3.63) is 11.3 Å². The molecule has 0 fully saturated rings. The van der Waals surface area contributed by atoms with Gasteiger partial charge in [-0.15, -0.1) is 6.42 Å². The van der Waals surface area contributed by atoms with Crippen LogP contribution in [0.25, 0.3) is 0 Å². The van der Waals surface area contributed by atoms with E-state index in [4.69, 9.17) is 6.42 Å². The van der Waals surface area contributed by atoms with Crippen molar-refractivity contribution in [2.24, 2.45) is 7.05 Å². The monoisotopic (exact) mass is 235 g/mol. The van der Waals surface area contributed by atoms with Crippen LogP contribution in [0.15, 0.2) is 0 Å². The number of hydrogen-bond acceptors (Lipinski definition) is 3. The maximum absolute atomic E-state index is 11.2. The van der Waals surface area contributed by atoms with Crippen LogP contribution in [0, 0.1) is 19.3 Å². The van der Waals surface area contributed by atoms with Crippen LogP contribution < -0.4 is 4.90 Å². The Balaban J connectivity index is 3.26. The Morgan fingerprint density at radius 2 is 2.29 bits per heavy atom. The molecule has 0 aromatic carbocycles. The first-order valence-electron chi connectivity index (χ1n) is 5.48. The molecule has 5 heteroatoms. The molecule has 0 unspecified atom stereocenters. The number of aromatic carboxylic acids is 1. The van der Waals surface area contributed by atoms with Crippen LogP contribution in [-0.2, 0) is 7.05 Å². The lowest BCUT2D eigenvalue weighted by molar-refractivity contribution is 0.0696. The minimum absolute atomic E-state index is 0.233. The molecule has 0 aliphatic carbocycles. The second-order valence-corrected chi connectivity index (χ2v) is 3.84. The maximum atomic E-state index is 11.2. The summed E-state index contributed by atoms with van der Waals surface area (Å²) in [6, 6.07) is 0. The van der Waals surface area contributed by atoms with Gasteiger partial charge in [0.25, 0.3) is 0 Å². The normalized spacial score (nSPS) is 10.0. The van der Waals surface area contributed by atoms with Gasteiger partial charge in [0.2, 0.25) is 0 Å². The Bertz CT molecular complexity index is 457. The van der Waals surface area contributed by atoms with Gasteiger partial charge in [-0.3, -0.25) is 4.68 Å². The lowest BCUT2D eigenvalue weighted by Gasteiger charge is -2.22. The van der Waals surface area contributed by atoms with Gasteiger partial charge in [0, 0.05) is 13.6 Å². The van der Waals surface area contributed by atoms with Gasteiger partial charge in [-0.25, -0.2) is 4.79 Å². The molecule has 5 nitrogen and oxygen atoms in total. The van der Waals surface area contributed by atoms with E-state index in [1.165, 1.54) is 0 Å². The molecular formula is C12H17N3O2. The fourth-order valence-corrected chi connectivity index (χ4v) is 1.90. The van der Waals surface area contributed by atoms with E-state index >= 15 is 0 Å². The highest BCUT2D eigenvalue weighted by Gasteiger charge is 2.23. The second kappa shape index (κ2) is 5.39. The van der Waals surface area contributed by atoms with E-state index in [1.54, 1.807) is 18.7 Å². The van der Waals surface area contributed by atoms with Gasteiger partial charge in [0.1, 0.15) is 11.4 Å². The highest BCUT2D eigenvalue weighted by molar-refractivity contribution is 5.94. The van der Waals surface area contributed by atoms with Gasteiger partial charge in [0.15, 0.2) is 0 Å². The molecular weight excluding hydrogens is 218 g/mol. The Labute approximate surface area is 101 Å². The number of terminal acetylenes is 1. The third-order valence-corrected chi connectivity index (χ3v) is 2.48. The van der Waals surface area contributed by atoms with E-state index in [9.17, 15) is 9.90 Å². The predicted molar refractivity (Wildman–Crippen MR) is 66.2 cm³/mol. The molecule has 0 spiro atoms. The number of hydrogen-bond donors (Lipinski definition) is 1. The highest BCUT2D eigenvalue weighted by Crippen LogP contribution is 2.23. The minimum Gasteiger partial charge on any atom is -0.477 e. The summed E-state index contributed by atoms with van der Waals surface area (Å²) in [7, 11) is 1.73. The summed E-state index contributed by atoms with van der Waals surface area (Å²) in [6.45, 7) is 4.80. The van der Waals surface area contributed by atoms with Gasteiger partial charge < -0.3 is 10.0 Å². The van der Waals surface area contributed by atoms with Crippen molar-refractivity contribution in [3.8, 4) is 12.3 Å². The van der Waals surface area contributed by atoms with Crippen LogP contribution in [0.3, 0.4) is 0 Å². The molecule has 1 aromatic rings. The largest absolute Gasteiger partial charge is 0.477 e. The molecule has 1 aromatic heterocycles. The van der Waals surface area contributed by atoms with Crippen LogP contribution >= 0.6 is 0 Å². The SMILES string of the molecule is C#CCN(CCC)c1c(C(=O)O)c(C)nn1C. The van der Waals surface area contributed by atoms with Crippen molar-refractivity contribution < 1.29 is 9.90 Å². The molecule has 0 amide bonds. The molecule has 92 valence electrons. The first-order chi connectivity index (χ1) is 8.02. The molecule has 1 N–H and O–H groups in total. The fourth-order valence-electron chi connectivity index (χ4n) is 1.90. The van der Waals surface area contributed by atoms with Gasteiger partial charge >= 0.3 is 5.97 Å². The number of anilines is 1. The average molecular weight is 235 g/mol. The number of nitrogens with zero attached hydrogens (tertiary/aromatic N) is 3. The van der Waals surface area contributed by atoms with Gasteiger partial charge in [0.05, 0.1) is 12.2 Å². The fraction of sp³-hybridized carbons (Fsp3) is 0.500. The molecule has 0 atom stereocenters. The number of aryl methyl sites for hydroxylation is 2. The summed E-state index contributed by atoms with van der Waals surface area (Å²) >= 11 is 0. The number of carbonyl (C=O) groups is 1. The second-order valence-electron chi connectivity index (χ2n) is 3.84. The highest BCUT2D eigenvalue weighted by atomic mass is 16.4. The summed E-state index contributed by atoms with van der Waals surface area (Å²) < 4.78 is 1.58. The Kier molecular flexibility index (Phi) is 4.16. The number of carboxylic acids is 1. The van der Waals surface area contributed by atoms with E-state index in [1.807, 2.05) is 11.8 Å². The molecule has 0 bridgehead atoms. The molecule has 0 radical (unpaired) electrons. The first-order valence-corrected chi connectivity index (χ1v) is 5.48. The lowest BCUT2D eigenvalue weighted by atomic mass is 10.2. The van der Waals surface area contributed by atoms with Crippen molar-refractivity contribution >= 4 is 11.8 Å². The van der Waals surface area contributed by atoms with E-state index in [-0.39, 0.29) is 5.56 Å². The van der Waals surface area contributed by atoms with Crippen LogP contribution in [0.4, 0.5) is 5.82 Å². The van der Waals surface area contributed by atoms with Crippen LogP contribution in [0.2, 0.25) is 0 Å². The van der Waals surface area contributed by atoms with E-state index in [0.29, 0.717) is 24.6 Å². The van der Waals surface area contributed by atoms with Crippen molar-refractivity contribution in [1.82, 2.24) is 9.78 Å². The standard InChI is InChI=1S/C12H17N3O2/c1-5-7-15(8-6-2)11-10(12(16)17)9(3)13-14(11)4/h1H,6-8H2,2-4H3,(H,16,17). The van der Waals surface area contributed by atoms with Gasteiger partial charge in [-0.2, -0.15) is 5.10 Å². The third-order valence-electron chi connectivity index (χ3n) is 2.48. The Morgan fingerprint density at radius 3 is 2.76 bits per heavy atom. The van der Waals surface area contributed by atoms with Gasteiger partial charge in [-0.05, 0) is 13.3 Å². The Hall–Kier alpha value is -1.96. The van der Waals surface area contributed by atoms with E-state index in [0.717, 1.165) is 6.42 Å². The zero-order chi connectivity index (χ0) is 13.0. The van der Waals surface area contributed by atoms with E-state index < -0.39 is 5.97 Å². The molecule has 17 heavy (non-hydrogen) atoms. The van der Waals surface area contributed by atoms with Crippen molar-refractivity contribution in [2.45, 2.75) is 20.3 Å². The van der Waals surface area contributed by atoms with Crippen LogP contribution in [0.5, 0.6) is 0 Å². The number of aromatic nitrogens is 2. The van der Waals surface area contributed by atoms with E-state index in [2.05, 4.69) is 11.0 Å². The molecule has 1 heterocycles. The average Bonchev–Trinajstić information content (AvgIpc) is 2.53. The molecule has 0 aliphatic heterocycles. The summed E-state index contributed by atoms with van der Waals surface area (Å²) in [5, 5.41) is 13.4. The van der Waals surface area contributed by atoms with Crippen LogP contribution in [-0.4, -0.2) is 33.9 Å². The quantitative estimate of drug-likeness (QED) is 0.781. The summed E-state index contributed by atoms with van der Waals surface area (Å²) in [5.74, 6) is 2.16. The lowest BCUT2D eigenvalue weighted by Crippen LogP contribution is -2.28. The topological polar surface area (TPSA) is 58.4 Å². The zero-order valence-corrected chi connectivity index (χ0v) is 10.4. The smallest absolute Gasteiger partial charge is 0.341 e. The Morgan fingerprint density at radius 1 is 1.65 bits per heavy atom. The molecule has 1 rings (SSSR count). The van der Waals surface area contributed by atoms with Crippen molar-refractivity contribution in [2.75, 3.05) is 18.0 Å². The van der Waals surface area contributed by atoms with Crippen LogP contribution in [0.1, 0.15) is 29.4 Å². The molecule has 0 saturated carbocycles. The summed E-state index contributed by atoms with van der Waals surface area (Å²) in [5.41, 5.74) is 0.740. The zero-order valence-electron chi connectivity index (χ0n) is 10.4. The number of rotatable bonds is 5. The first kappa shape index (κ1) is 13.1. The van der Waals surface area contributed by atoms with Crippen molar-refractivity contribution in [3.63, 3.8) is 0 Å². The third kappa shape index (κ3) is 2.59. The maximum Gasteiger partial charge on any atom is 0.341 e. The molecule has 0 saturated heterocycles. The summed E-state index contributed by atoms with van der Waals surface area (Å²) in [6.07, 6.45) is 6.21. The van der Waals surface area contributed by atoms with Crippen molar-refractivity contribution in [1.29, 1.82) is 0 Å².